The summed E-state index contributed by atoms with van der Waals surface area (Å²) in [5.74, 6) is -1.54. The molecule has 0 aromatic rings. The summed E-state index contributed by atoms with van der Waals surface area (Å²) in [6.07, 6.45) is 53.1. The SMILES string of the molecule is CC/C=C/C=C/C=C/CCCCCCCCCC(=O)OCC(COCCC(C(=O)O)[N+](C)(C)C)OC(=O)CCCCC/C=C/C/C=C/C/C=C/C/C=C/C/C=C/CC. The van der Waals surface area contributed by atoms with Gasteiger partial charge in [-0.1, -0.05) is 150 Å². The molecule has 0 aromatic carbocycles. The fourth-order valence-electron chi connectivity index (χ4n) is 5.88. The average Bonchev–Trinajstić information content (AvgIpc) is 3.18. The summed E-state index contributed by atoms with van der Waals surface area (Å²) >= 11 is 0. The number of esters is 2. The average molecular weight is 809 g/mol. The normalized spacial score (nSPS) is 13.9. The second-order valence-corrected chi connectivity index (χ2v) is 15.6. The minimum atomic E-state index is -0.887. The van der Waals surface area contributed by atoms with Gasteiger partial charge < -0.3 is 23.8 Å². The van der Waals surface area contributed by atoms with Crippen molar-refractivity contribution in [3.8, 4) is 0 Å². The first-order chi connectivity index (χ1) is 28.1. The van der Waals surface area contributed by atoms with Crippen LogP contribution in [0.3, 0.4) is 0 Å². The van der Waals surface area contributed by atoms with Crippen molar-refractivity contribution in [2.24, 2.45) is 0 Å². The van der Waals surface area contributed by atoms with E-state index in [0.717, 1.165) is 89.9 Å². The van der Waals surface area contributed by atoms with Crippen molar-refractivity contribution >= 4 is 17.9 Å². The summed E-state index contributed by atoms with van der Waals surface area (Å²) in [4.78, 5) is 37.0. The number of unbranched alkanes of at least 4 members (excludes halogenated alkanes) is 10. The first kappa shape index (κ1) is 54.2. The minimum Gasteiger partial charge on any atom is -0.477 e. The van der Waals surface area contributed by atoms with Gasteiger partial charge in [0, 0.05) is 19.3 Å². The molecule has 328 valence electrons. The van der Waals surface area contributed by atoms with Crippen molar-refractivity contribution < 1.29 is 38.2 Å². The number of hydrogen-bond acceptors (Lipinski definition) is 6. The Kier molecular flexibility index (Phi) is 37.5. The number of aliphatic carboxylic acids is 1. The van der Waals surface area contributed by atoms with Crippen LogP contribution in [0.4, 0.5) is 0 Å². The lowest BCUT2D eigenvalue weighted by Gasteiger charge is -2.31. The third-order valence-electron chi connectivity index (χ3n) is 9.29. The van der Waals surface area contributed by atoms with E-state index in [1.54, 1.807) is 0 Å². The monoisotopic (exact) mass is 809 g/mol. The molecule has 0 saturated carbocycles. The molecule has 0 aromatic heterocycles. The molecule has 0 aliphatic heterocycles. The van der Waals surface area contributed by atoms with Crippen LogP contribution in [0.1, 0.15) is 149 Å². The molecule has 0 fully saturated rings. The lowest BCUT2D eigenvalue weighted by atomic mass is 10.1. The molecule has 0 bridgehead atoms. The van der Waals surface area contributed by atoms with Crippen LogP contribution >= 0.6 is 0 Å². The van der Waals surface area contributed by atoms with Crippen LogP contribution in [0.15, 0.2) is 97.2 Å². The topological polar surface area (TPSA) is 99.1 Å². The van der Waals surface area contributed by atoms with E-state index in [-0.39, 0.29) is 42.7 Å². The summed E-state index contributed by atoms with van der Waals surface area (Å²) in [7, 11) is 5.50. The van der Waals surface area contributed by atoms with Crippen LogP contribution in [0, 0.1) is 0 Å². The van der Waals surface area contributed by atoms with Crippen LogP contribution in [-0.2, 0) is 28.6 Å². The molecule has 0 amide bonds. The molecular weight excluding hydrogens is 727 g/mol. The highest BCUT2D eigenvalue weighted by Crippen LogP contribution is 2.13. The number of ether oxygens (including phenoxy) is 3. The van der Waals surface area contributed by atoms with E-state index in [1.165, 1.54) is 19.3 Å². The van der Waals surface area contributed by atoms with Crippen molar-refractivity contribution in [1.29, 1.82) is 0 Å². The standard InChI is InChI=1S/C50H81NO7/c1-6-8-10-12-14-16-18-20-22-23-24-25-27-29-31-33-35-37-39-41-49(53)58-46(44-56-43-42-47(50(54)55)51(3,4)5)45-57-48(52)40-38-36-34-32-30-28-26-21-19-17-15-13-11-9-7-2/h8-11,13-17,19-20,22,24-25,29,31,46-47H,6-7,12,18,21,23,26-28,30,32-45H2,1-5H3/p+1/b10-8+,11-9+,15-13+,16-14+,19-17+,22-20+,25-24+,31-29+. The largest absolute Gasteiger partial charge is 0.477 e. The Hall–Kier alpha value is -3.75. The molecule has 0 spiro atoms. The van der Waals surface area contributed by atoms with E-state index in [1.807, 2.05) is 21.1 Å². The zero-order valence-corrected chi connectivity index (χ0v) is 37.2. The first-order valence-electron chi connectivity index (χ1n) is 22.3. The molecular formula is C50H82NO7+. The van der Waals surface area contributed by atoms with Crippen LogP contribution in [0.5, 0.6) is 0 Å². The maximum absolute atomic E-state index is 12.7. The number of rotatable bonds is 38. The number of likely N-dealkylation sites (N-methyl/N-ethyl adjacent to an activating group) is 1. The van der Waals surface area contributed by atoms with Gasteiger partial charge >= 0.3 is 17.9 Å². The fourth-order valence-corrected chi connectivity index (χ4v) is 5.88. The van der Waals surface area contributed by atoms with Crippen LogP contribution < -0.4 is 0 Å². The van der Waals surface area contributed by atoms with Gasteiger partial charge in [-0.05, 0) is 77.0 Å². The Bertz CT molecular complexity index is 1260. The Morgan fingerprint density at radius 3 is 1.55 bits per heavy atom. The van der Waals surface area contributed by atoms with Crippen molar-refractivity contribution in [2.45, 2.75) is 161 Å². The number of carbonyl (C=O) groups excluding carboxylic acids is 2. The third-order valence-corrected chi connectivity index (χ3v) is 9.29. The van der Waals surface area contributed by atoms with E-state index >= 15 is 0 Å². The zero-order valence-electron chi connectivity index (χ0n) is 37.2. The Labute approximate surface area is 354 Å². The van der Waals surface area contributed by atoms with Gasteiger partial charge in [-0.2, -0.15) is 0 Å². The van der Waals surface area contributed by atoms with Crippen LogP contribution in [0.25, 0.3) is 0 Å². The van der Waals surface area contributed by atoms with E-state index in [9.17, 15) is 19.5 Å². The van der Waals surface area contributed by atoms with E-state index in [0.29, 0.717) is 19.3 Å². The highest BCUT2D eigenvalue weighted by atomic mass is 16.6. The number of allylic oxidation sites excluding steroid dienone is 16. The predicted molar refractivity (Wildman–Crippen MR) is 243 cm³/mol. The molecule has 0 rings (SSSR count). The third kappa shape index (κ3) is 37.8. The lowest BCUT2D eigenvalue weighted by molar-refractivity contribution is -0.887. The summed E-state index contributed by atoms with van der Waals surface area (Å²) < 4.78 is 17.2. The molecule has 58 heavy (non-hydrogen) atoms. The van der Waals surface area contributed by atoms with E-state index < -0.39 is 18.1 Å². The second-order valence-electron chi connectivity index (χ2n) is 15.6. The molecule has 8 nitrogen and oxygen atoms in total. The highest BCUT2D eigenvalue weighted by Gasteiger charge is 2.31. The molecule has 0 heterocycles. The Morgan fingerprint density at radius 2 is 1.00 bits per heavy atom. The Morgan fingerprint density at radius 1 is 0.534 bits per heavy atom. The smallest absolute Gasteiger partial charge is 0.362 e. The first-order valence-corrected chi connectivity index (χ1v) is 22.3. The van der Waals surface area contributed by atoms with E-state index in [4.69, 9.17) is 14.2 Å². The predicted octanol–water partition coefficient (Wildman–Crippen LogP) is 12.3. The van der Waals surface area contributed by atoms with Gasteiger partial charge in [0.05, 0.1) is 34.4 Å². The van der Waals surface area contributed by atoms with Gasteiger partial charge in [0.25, 0.3) is 0 Å². The van der Waals surface area contributed by atoms with Crippen LogP contribution in [-0.4, -0.2) is 80.6 Å². The molecule has 2 atom stereocenters. The van der Waals surface area contributed by atoms with Gasteiger partial charge in [0.2, 0.25) is 0 Å². The van der Waals surface area contributed by atoms with Crippen molar-refractivity contribution in [2.75, 3.05) is 41.0 Å². The van der Waals surface area contributed by atoms with Crippen molar-refractivity contribution in [1.82, 2.24) is 0 Å². The van der Waals surface area contributed by atoms with E-state index in [2.05, 4.69) is 111 Å². The molecule has 2 unspecified atom stereocenters. The second kappa shape index (κ2) is 40.0. The number of carboxylic acids is 1. The van der Waals surface area contributed by atoms with Gasteiger partial charge in [-0.25, -0.2) is 4.79 Å². The van der Waals surface area contributed by atoms with Crippen molar-refractivity contribution in [3.63, 3.8) is 0 Å². The molecule has 0 aliphatic carbocycles. The quantitative estimate of drug-likeness (QED) is 0.0218. The van der Waals surface area contributed by atoms with Gasteiger partial charge in [-0.15, -0.1) is 0 Å². The summed E-state index contributed by atoms with van der Waals surface area (Å²) in [6.45, 7) is 4.42. The summed E-state index contributed by atoms with van der Waals surface area (Å²) in [5.41, 5.74) is 0. The summed E-state index contributed by atoms with van der Waals surface area (Å²) in [5, 5.41) is 9.62. The maximum Gasteiger partial charge on any atom is 0.362 e. The van der Waals surface area contributed by atoms with Crippen LogP contribution in [0.2, 0.25) is 0 Å². The Balaban J connectivity index is 4.44. The highest BCUT2D eigenvalue weighted by molar-refractivity contribution is 5.72. The minimum absolute atomic E-state index is 0.0371. The number of carbonyl (C=O) groups is 3. The van der Waals surface area contributed by atoms with Crippen molar-refractivity contribution in [3.05, 3.63) is 97.2 Å². The molecule has 8 heteroatoms. The van der Waals surface area contributed by atoms with Gasteiger partial charge in [0.1, 0.15) is 6.61 Å². The van der Waals surface area contributed by atoms with Gasteiger partial charge in [-0.3, -0.25) is 9.59 Å². The number of hydrogen-bond donors (Lipinski definition) is 1. The molecule has 1 N–H and O–H groups in total. The lowest BCUT2D eigenvalue weighted by Crippen LogP contribution is -2.50. The molecule has 0 saturated heterocycles. The number of quaternary nitrogens is 1. The zero-order chi connectivity index (χ0) is 42.8. The van der Waals surface area contributed by atoms with Gasteiger partial charge in [0.15, 0.2) is 12.1 Å². The summed E-state index contributed by atoms with van der Waals surface area (Å²) in [6, 6.07) is -0.629. The fraction of sp³-hybridized carbons (Fsp3) is 0.620. The molecule has 0 aliphatic rings. The molecule has 0 radical (unpaired) electrons. The maximum atomic E-state index is 12.7. The number of nitrogens with zero attached hydrogens (tertiary/aromatic N) is 1. The number of carboxylic acid groups (broad SMARTS) is 1.